The molecule has 0 radical (unpaired) electrons. The van der Waals surface area contributed by atoms with E-state index < -0.39 is 5.82 Å². The van der Waals surface area contributed by atoms with Gasteiger partial charge in [-0.3, -0.25) is 4.79 Å². The number of allylic oxidation sites excluding steroid dienone is 2. The van der Waals surface area contributed by atoms with Crippen LogP contribution in [-0.2, 0) is 11.3 Å². The van der Waals surface area contributed by atoms with E-state index in [-0.39, 0.29) is 29.3 Å². The molecule has 4 rings (SSSR count). The fraction of sp³-hybridized carbons (Fsp3) is 0.0833. The summed E-state index contributed by atoms with van der Waals surface area (Å²) in [5.74, 6) is 0.171. The second-order valence-electron chi connectivity index (χ2n) is 6.92. The Morgan fingerprint density at radius 2 is 1.97 bits per heavy atom. The molecule has 0 spiro atoms. The molecule has 2 aromatic carbocycles. The van der Waals surface area contributed by atoms with Crippen LogP contribution >= 0.6 is 0 Å². The van der Waals surface area contributed by atoms with Crippen LogP contribution in [-0.4, -0.2) is 20.3 Å². The molecule has 7 nitrogen and oxygen atoms in total. The van der Waals surface area contributed by atoms with Gasteiger partial charge in [-0.05, 0) is 31.2 Å². The first-order valence-corrected chi connectivity index (χ1v) is 9.73. The van der Waals surface area contributed by atoms with Gasteiger partial charge in [-0.15, -0.1) is 0 Å². The van der Waals surface area contributed by atoms with Crippen molar-refractivity contribution in [3.05, 3.63) is 78.5 Å². The van der Waals surface area contributed by atoms with Gasteiger partial charge in [0.1, 0.15) is 41.2 Å². The highest BCUT2D eigenvalue weighted by Crippen LogP contribution is 2.36. The van der Waals surface area contributed by atoms with E-state index >= 15 is 4.39 Å². The lowest BCUT2D eigenvalue weighted by molar-refractivity contribution is -0.115. The van der Waals surface area contributed by atoms with Crippen molar-refractivity contribution in [2.24, 2.45) is 0 Å². The maximum atomic E-state index is 15.1. The molecule has 0 fully saturated rings. The quantitative estimate of drug-likeness (QED) is 0.355. The van der Waals surface area contributed by atoms with Crippen LogP contribution in [0.5, 0.6) is 11.5 Å². The Labute approximate surface area is 183 Å². The van der Waals surface area contributed by atoms with Gasteiger partial charge in [-0.1, -0.05) is 24.3 Å². The molecule has 0 saturated heterocycles. The van der Waals surface area contributed by atoms with E-state index in [1.54, 1.807) is 42.0 Å². The summed E-state index contributed by atoms with van der Waals surface area (Å²) in [4.78, 5) is 20.7. The third kappa shape index (κ3) is 3.91. The summed E-state index contributed by atoms with van der Waals surface area (Å²) in [6.07, 6.45) is 4.31. The number of anilines is 1. The summed E-state index contributed by atoms with van der Waals surface area (Å²) in [5.41, 5.74) is 7.17. The smallest absolute Gasteiger partial charge is 0.192 e. The fourth-order valence-corrected chi connectivity index (χ4v) is 3.40. The highest BCUT2D eigenvalue weighted by molar-refractivity contribution is 6.03. The zero-order chi connectivity index (χ0) is 22.7. The SMILES string of the molecule is CC=C(C#N)C(=O)Cn1cc(-c2ccc(Oc3ccccc3)cc2F)c2c(N)ncnc21. The average molecular weight is 427 g/mol. The van der Waals surface area contributed by atoms with Crippen molar-refractivity contribution in [3.8, 4) is 28.7 Å². The molecule has 0 amide bonds. The van der Waals surface area contributed by atoms with Gasteiger partial charge in [-0.2, -0.15) is 5.26 Å². The molecule has 0 aliphatic heterocycles. The second kappa shape index (κ2) is 8.70. The molecule has 2 aromatic heterocycles. The summed E-state index contributed by atoms with van der Waals surface area (Å²) >= 11 is 0. The molecular formula is C24H18FN5O2. The van der Waals surface area contributed by atoms with Gasteiger partial charge in [0.25, 0.3) is 0 Å². The number of hydrogen-bond donors (Lipinski definition) is 1. The summed E-state index contributed by atoms with van der Waals surface area (Å²) in [7, 11) is 0. The van der Waals surface area contributed by atoms with Crippen LogP contribution in [0.3, 0.4) is 0 Å². The van der Waals surface area contributed by atoms with Crippen molar-refractivity contribution < 1.29 is 13.9 Å². The van der Waals surface area contributed by atoms with Crippen molar-refractivity contribution in [1.29, 1.82) is 5.26 Å². The topological polar surface area (TPSA) is 107 Å². The number of carbonyl (C=O) groups is 1. The molecule has 0 aliphatic carbocycles. The lowest BCUT2D eigenvalue weighted by Gasteiger charge is -2.08. The number of Topliss-reactive ketones (excluding diaryl/α,β-unsaturated/α-hetero) is 1. The fourth-order valence-electron chi connectivity index (χ4n) is 3.40. The predicted octanol–water partition coefficient (Wildman–Crippen LogP) is 4.65. The van der Waals surface area contributed by atoms with Gasteiger partial charge < -0.3 is 15.0 Å². The number of rotatable bonds is 6. The minimum absolute atomic E-state index is 0.0315. The van der Waals surface area contributed by atoms with Crippen LogP contribution in [0.25, 0.3) is 22.2 Å². The van der Waals surface area contributed by atoms with Crippen molar-refractivity contribution in [2.75, 3.05) is 5.73 Å². The number of hydrogen-bond acceptors (Lipinski definition) is 6. The molecule has 4 aromatic rings. The van der Waals surface area contributed by atoms with Crippen LogP contribution in [0.1, 0.15) is 6.92 Å². The van der Waals surface area contributed by atoms with E-state index in [2.05, 4.69) is 9.97 Å². The van der Waals surface area contributed by atoms with Crippen molar-refractivity contribution in [2.45, 2.75) is 13.5 Å². The highest BCUT2D eigenvalue weighted by Gasteiger charge is 2.20. The Balaban J connectivity index is 1.76. The Morgan fingerprint density at radius 1 is 1.19 bits per heavy atom. The average Bonchev–Trinajstić information content (AvgIpc) is 3.15. The minimum atomic E-state index is -0.529. The number of ether oxygens (including phenoxy) is 1. The molecule has 0 aliphatic rings. The van der Waals surface area contributed by atoms with Gasteiger partial charge in [0.2, 0.25) is 0 Å². The van der Waals surface area contributed by atoms with E-state index in [0.717, 1.165) is 0 Å². The Bertz CT molecular complexity index is 1390. The second-order valence-corrected chi connectivity index (χ2v) is 6.92. The van der Waals surface area contributed by atoms with Crippen LogP contribution in [0.15, 0.2) is 72.7 Å². The molecular weight excluding hydrogens is 409 g/mol. The first kappa shape index (κ1) is 20.8. The van der Waals surface area contributed by atoms with Gasteiger partial charge in [0.15, 0.2) is 5.78 Å². The Morgan fingerprint density at radius 3 is 2.66 bits per heavy atom. The number of benzene rings is 2. The Hall–Kier alpha value is -4.51. The zero-order valence-corrected chi connectivity index (χ0v) is 17.1. The molecule has 158 valence electrons. The molecule has 8 heteroatoms. The number of nitriles is 1. The number of aromatic nitrogens is 3. The summed E-state index contributed by atoms with van der Waals surface area (Å²) in [6, 6.07) is 15.4. The molecule has 32 heavy (non-hydrogen) atoms. The van der Waals surface area contributed by atoms with E-state index in [4.69, 9.17) is 15.7 Å². The molecule has 0 bridgehead atoms. The van der Waals surface area contributed by atoms with Crippen LogP contribution in [0.4, 0.5) is 10.2 Å². The predicted molar refractivity (Wildman–Crippen MR) is 118 cm³/mol. The number of nitrogens with two attached hydrogens (primary N) is 1. The maximum absolute atomic E-state index is 15.1. The van der Waals surface area contributed by atoms with Crippen LogP contribution in [0.2, 0.25) is 0 Å². The first-order valence-electron chi connectivity index (χ1n) is 9.73. The lowest BCUT2D eigenvalue weighted by atomic mass is 10.1. The number of nitrogens with zero attached hydrogens (tertiary/aromatic N) is 4. The van der Waals surface area contributed by atoms with Gasteiger partial charge in [0.05, 0.1) is 17.5 Å². The summed E-state index contributed by atoms with van der Waals surface area (Å²) < 4.78 is 22.4. The largest absolute Gasteiger partial charge is 0.457 e. The number of nitrogen functional groups attached to an aromatic ring is 1. The zero-order valence-electron chi connectivity index (χ0n) is 17.1. The summed E-state index contributed by atoms with van der Waals surface area (Å²) in [5, 5.41) is 9.55. The van der Waals surface area contributed by atoms with E-state index in [0.29, 0.717) is 28.1 Å². The molecule has 0 atom stereocenters. The van der Waals surface area contributed by atoms with Crippen molar-refractivity contribution in [1.82, 2.24) is 14.5 Å². The van der Waals surface area contributed by atoms with E-state index in [1.807, 2.05) is 24.3 Å². The standard InChI is InChI=1S/C24H18FN5O2/c1-2-15(11-26)21(31)13-30-12-19(22-23(27)28-14-29-24(22)30)18-9-8-17(10-20(18)25)32-16-6-4-3-5-7-16/h2-10,12,14H,13H2,1H3,(H2,27,28,29). The number of fused-ring (bicyclic) bond motifs is 1. The normalized spacial score (nSPS) is 11.3. The van der Waals surface area contributed by atoms with Crippen molar-refractivity contribution >= 4 is 22.6 Å². The monoisotopic (exact) mass is 427 g/mol. The lowest BCUT2D eigenvalue weighted by Crippen LogP contribution is -2.11. The molecule has 0 unspecified atom stereocenters. The van der Waals surface area contributed by atoms with Gasteiger partial charge in [-0.25, -0.2) is 14.4 Å². The summed E-state index contributed by atoms with van der Waals surface area (Å²) in [6.45, 7) is 1.47. The number of ketones is 1. The first-order chi connectivity index (χ1) is 15.5. The molecule has 2 N–H and O–H groups in total. The maximum Gasteiger partial charge on any atom is 0.192 e. The number of halogens is 1. The Kier molecular flexibility index (Phi) is 5.64. The molecule has 2 heterocycles. The molecule has 0 saturated carbocycles. The number of para-hydroxylation sites is 1. The van der Waals surface area contributed by atoms with Crippen LogP contribution in [0, 0.1) is 17.1 Å². The van der Waals surface area contributed by atoms with Gasteiger partial charge >= 0.3 is 0 Å². The van der Waals surface area contributed by atoms with E-state index in [1.165, 1.54) is 18.5 Å². The third-order valence-corrected chi connectivity index (χ3v) is 4.92. The van der Waals surface area contributed by atoms with E-state index in [9.17, 15) is 4.79 Å². The van der Waals surface area contributed by atoms with Crippen molar-refractivity contribution in [3.63, 3.8) is 0 Å². The van der Waals surface area contributed by atoms with Gasteiger partial charge in [0, 0.05) is 23.4 Å². The minimum Gasteiger partial charge on any atom is -0.457 e. The highest BCUT2D eigenvalue weighted by atomic mass is 19.1. The third-order valence-electron chi connectivity index (χ3n) is 4.92. The van der Waals surface area contributed by atoms with Crippen LogP contribution < -0.4 is 10.5 Å². The number of carbonyl (C=O) groups excluding carboxylic acids is 1.